The van der Waals surface area contributed by atoms with Gasteiger partial charge < -0.3 is 0 Å². The van der Waals surface area contributed by atoms with E-state index >= 15 is 0 Å². The Bertz CT molecular complexity index is 997. The zero-order chi connectivity index (χ0) is 20.5. The van der Waals surface area contributed by atoms with Crippen LogP contribution >= 0.6 is 11.6 Å². The Kier molecular flexibility index (Phi) is 5.41. The Hall–Kier alpha value is -2.88. The molecule has 1 unspecified atom stereocenters. The fraction of sp³-hybridized carbons (Fsp3) is 0.294. The minimum absolute atomic E-state index is 0.0322. The molecule has 7 nitrogen and oxygen atoms in total. The molecule has 2 heterocycles. The standard InChI is InChI=1S/C17H16ClF3N6O/c1-10-7-14(17(19,20)21)24-27(10)11(2)15(28)23-16-22-9-26(25-16)8-12-5-3-4-6-13(12)18/h3-7,9,11H,8H2,1-2H3,(H,23,25,28). The molecule has 0 saturated heterocycles. The van der Waals surface area contributed by atoms with Crippen LogP contribution < -0.4 is 5.32 Å². The Morgan fingerprint density at radius 1 is 1.29 bits per heavy atom. The Labute approximate surface area is 163 Å². The minimum atomic E-state index is -4.58. The van der Waals surface area contributed by atoms with Gasteiger partial charge in [0.2, 0.25) is 5.95 Å². The first-order valence-electron chi connectivity index (χ1n) is 8.22. The van der Waals surface area contributed by atoms with Gasteiger partial charge in [0, 0.05) is 10.7 Å². The Morgan fingerprint density at radius 2 is 2.00 bits per heavy atom. The van der Waals surface area contributed by atoms with Crippen LogP contribution in [0.2, 0.25) is 5.02 Å². The third kappa shape index (κ3) is 4.33. The number of nitrogens with one attached hydrogen (secondary N) is 1. The molecule has 1 aromatic carbocycles. The zero-order valence-corrected chi connectivity index (χ0v) is 15.7. The SMILES string of the molecule is Cc1cc(C(F)(F)F)nn1C(C)C(=O)Nc1ncn(Cc2ccccc2Cl)n1. The molecular weight excluding hydrogens is 397 g/mol. The number of carbonyl (C=O) groups excluding carboxylic acids is 1. The number of amides is 1. The van der Waals surface area contributed by atoms with Gasteiger partial charge in [-0.15, -0.1) is 5.10 Å². The van der Waals surface area contributed by atoms with Crippen LogP contribution in [0, 0.1) is 6.92 Å². The zero-order valence-electron chi connectivity index (χ0n) is 14.9. The monoisotopic (exact) mass is 412 g/mol. The predicted octanol–water partition coefficient (Wildman–Crippen LogP) is 3.70. The number of aryl methyl sites for hydroxylation is 1. The van der Waals surface area contributed by atoms with Gasteiger partial charge in [-0.2, -0.15) is 18.3 Å². The fourth-order valence-electron chi connectivity index (χ4n) is 2.57. The van der Waals surface area contributed by atoms with Crippen LogP contribution in [0.25, 0.3) is 0 Å². The highest BCUT2D eigenvalue weighted by Gasteiger charge is 2.35. The van der Waals surface area contributed by atoms with Crippen LogP contribution in [0.4, 0.5) is 19.1 Å². The lowest BCUT2D eigenvalue weighted by Gasteiger charge is -2.13. The van der Waals surface area contributed by atoms with E-state index in [1.165, 1.54) is 24.9 Å². The fourth-order valence-corrected chi connectivity index (χ4v) is 2.77. The maximum Gasteiger partial charge on any atom is 0.435 e. The number of alkyl halides is 3. The summed E-state index contributed by atoms with van der Waals surface area (Å²) in [5.41, 5.74) is -0.00821. The van der Waals surface area contributed by atoms with E-state index in [0.717, 1.165) is 16.3 Å². The normalized spacial score (nSPS) is 12.8. The van der Waals surface area contributed by atoms with E-state index in [4.69, 9.17) is 11.6 Å². The number of aromatic nitrogens is 5. The summed E-state index contributed by atoms with van der Waals surface area (Å²) < 4.78 is 40.9. The van der Waals surface area contributed by atoms with Crippen molar-refractivity contribution in [2.75, 3.05) is 5.32 Å². The molecular formula is C17H16ClF3N6O. The van der Waals surface area contributed by atoms with Crippen molar-refractivity contribution >= 4 is 23.5 Å². The number of anilines is 1. The van der Waals surface area contributed by atoms with Crippen molar-refractivity contribution in [3.8, 4) is 0 Å². The van der Waals surface area contributed by atoms with Crippen molar-refractivity contribution in [1.82, 2.24) is 24.5 Å². The molecule has 0 bridgehead atoms. The van der Waals surface area contributed by atoms with Gasteiger partial charge in [0.1, 0.15) is 12.4 Å². The second kappa shape index (κ2) is 7.63. The molecule has 3 rings (SSSR count). The molecule has 0 aliphatic rings. The van der Waals surface area contributed by atoms with Crippen molar-refractivity contribution in [3.63, 3.8) is 0 Å². The summed E-state index contributed by atoms with van der Waals surface area (Å²) in [7, 11) is 0. The number of halogens is 4. The summed E-state index contributed by atoms with van der Waals surface area (Å²) in [5, 5.41) is 10.7. The van der Waals surface area contributed by atoms with Crippen molar-refractivity contribution in [1.29, 1.82) is 0 Å². The van der Waals surface area contributed by atoms with Crippen LogP contribution in [-0.2, 0) is 17.5 Å². The molecule has 0 aliphatic heterocycles. The first kappa shape index (κ1) is 19.9. The molecule has 28 heavy (non-hydrogen) atoms. The smallest absolute Gasteiger partial charge is 0.291 e. The van der Waals surface area contributed by atoms with Crippen molar-refractivity contribution in [2.45, 2.75) is 32.6 Å². The molecule has 0 saturated carbocycles. The molecule has 0 radical (unpaired) electrons. The molecule has 3 aromatic rings. The molecule has 1 N–H and O–H groups in total. The average Bonchev–Trinajstić information content (AvgIpc) is 3.22. The van der Waals surface area contributed by atoms with Gasteiger partial charge in [-0.25, -0.2) is 9.67 Å². The van der Waals surface area contributed by atoms with Crippen LogP contribution in [0.3, 0.4) is 0 Å². The van der Waals surface area contributed by atoms with Crippen LogP contribution in [0.15, 0.2) is 36.7 Å². The third-order valence-electron chi connectivity index (χ3n) is 4.02. The summed E-state index contributed by atoms with van der Waals surface area (Å²) in [5.74, 6) is -0.555. The molecule has 148 valence electrons. The molecule has 0 fully saturated rings. The predicted molar refractivity (Wildman–Crippen MR) is 95.9 cm³/mol. The summed E-state index contributed by atoms with van der Waals surface area (Å²) in [6, 6.07) is 7.14. The lowest BCUT2D eigenvalue weighted by Crippen LogP contribution is -2.26. The van der Waals surface area contributed by atoms with Crippen molar-refractivity contribution < 1.29 is 18.0 Å². The van der Waals surface area contributed by atoms with Gasteiger partial charge >= 0.3 is 6.18 Å². The van der Waals surface area contributed by atoms with Gasteiger partial charge in [0.25, 0.3) is 5.91 Å². The second-order valence-corrected chi connectivity index (χ2v) is 6.54. The molecule has 1 amide bonds. The molecule has 11 heteroatoms. The van der Waals surface area contributed by atoms with E-state index in [1.54, 1.807) is 6.07 Å². The number of hydrogen-bond acceptors (Lipinski definition) is 4. The Balaban J connectivity index is 1.69. The van der Waals surface area contributed by atoms with Gasteiger partial charge in [0.15, 0.2) is 5.69 Å². The summed E-state index contributed by atoms with van der Waals surface area (Å²) in [4.78, 5) is 16.4. The van der Waals surface area contributed by atoms with Gasteiger partial charge in [-0.1, -0.05) is 29.8 Å². The van der Waals surface area contributed by atoms with Crippen LogP contribution in [0.1, 0.15) is 29.9 Å². The van der Waals surface area contributed by atoms with E-state index in [-0.39, 0.29) is 11.6 Å². The lowest BCUT2D eigenvalue weighted by atomic mass is 10.2. The molecule has 0 aliphatic carbocycles. The third-order valence-corrected chi connectivity index (χ3v) is 4.39. The largest absolute Gasteiger partial charge is 0.435 e. The first-order valence-corrected chi connectivity index (χ1v) is 8.60. The highest BCUT2D eigenvalue weighted by molar-refractivity contribution is 6.31. The van der Waals surface area contributed by atoms with Crippen molar-refractivity contribution in [2.24, 2.45) is 0 Å². The first-order chi connectivity index (χ1) is 13.1. The summed E-state index contributed by atoms with van der Waals surface area (Å²) in [6.45, 7) is 3.24. The Morgan fingerprint density at radius 3 is 2.64 bits per heavy atom. The van der Waals surface area contributed by atoms with E-state index < -0.39 is 23.8 Å². The van der Waals surface area contributed by atoms with E-state index in [2.05, 4.69) is 20.5 Å². The van der Waals surface area contributed by atoms with Crippen molar-refractivity contribution in [3.05, 3.63) is 58.6 Å². The highest BCUT2D eigenvalue weighted by atomic mass is 35.5. The molecule has 0 spiro atoms. The minimum Gasteiger partial charge on any atom is -0.291 e. The number of benzene rings is 1. The quantitative estimate of drug-likeness (QED) is 0.693. The van der Waals surface area contributed by atoms with Crippen LogP contribution in [0.5, 0.6) is 0 Å². The maximum atomic E-state index is 12.8. The second-order valence-electron chi connectivity index (χ2n) is 6.14. The number of nitrogens with zero attached hydrogens (tertiary/aromatic N) is 5. The molecule has 2 aromatic heterocycles. The number of hydrogen-bond donors (Lipinski definition) is 1. The van der Waals surface area contributed by atoms with Gasteiger partial charge in [-0.3, -0.25) is 14.8 Å². The number of carbonyl (C=O) groups is 1. The highest BCUT2D eigenvalue weighted by Crippen LogP contribution is 2.29. The number of rotatable bonds is 5. The van der Waals surface area contributed by atoms with E-state index in [9.17, 15) is 18.0 Å². The average molecular weight is 413 g/mol. The molecule has 1 atom stereocenters. The summed E-state index contributed by atoms with van der Waals surface area (Å²) in [6.07, 6.45) is -3.16. The maximum absolute atomic E-state index is 12.8. The lowest BCUT2D eigenvalue weighted by molar-refractivity contribution is -0.141. The van der Waals surface area contributed by atoms with Crippen LogP contribution in [-0.4, -0.2) is 30.5 Å². The summed E-state index contributed by atoms with van der Waals surface area (Å²) >= 11 is 6.10. The van der Waals surface area contributed by atoms with E-state index in [1.807, 2.05) is 18.2 Å². The van der Waals surface area contributed by atoms with Gasteiger partial charge in [0.05, 0.1) is 6.54 Å². The van der Waals surface area contributed by atoms with E-state index in [0.29, 0.717) is 11.6 Å². The topological polar surface area (TPSA) is 77.6 Å². The van der Waals surface area contributed by atoms with Gasteiger partial charge in [-0.05, 0) is 31.5 Å².